The van der Waals surface area contributed by atoms with Gasteiger partial charge >= 0.3 is 63.3 Å². The molecular formula is C14H21KO5S. The Kier molecular flexibility index (Phi) is 12.0. The topological polar surface area (TPSA) is 93.6 Å². The second-order valence-electron chi connectivity index (χ2n) is 4.09. The molecule has 21 heavy (non-hydrogen) atoms. The summed E-state index contributed by atoms with van der Waals surface area (Å²) in [6, 6.07) is 5.95. The van der Waals surface area contributed by atoms with Crippen LogP contribution in [0.4, 0.5) is 0 Å². The van der Waals surface area contributed by atoms with Gasteiger partial charge in [0.15, 0.2) is 0 Å². The maximum atomic E-state index is 12.1. The van der Waals surface area contributed by atoms with Crippen LogP contribution >= 0.6 is 10.3 Å². The summed E-state index contributed by atoms with van der Waals surface area (Å²) in [5.41, 5.74) is 0.395. The van der Waals surface area contributed by atoms with Crippen molar-refractivity contribution in [2.45, 2.75) is 20.8 Å². The minimum atomic E-state index is -1.39. The molecule has 1 aromatic rings. The molecule has 0 fully saturated rings. The van der Waals surface area contributed by atoms with Gasteiger partial charge in [-0.15, -0.1) is 0 Å². The van der Waals surface area contributed by atoms with E-state index in [0.29, 0.717) is 5.56 Å². The van der Waals surface area contributed by atoms with Crippen molar-refractivity contribution in [1.82, 2.24) is 0 Å². The molecule has 2 N–H and O–H groups in total. The summed E-state index contributed by atoms with van der Waals surface area (Å²) < 4.78 is 5.66. The summed E-state index contributed by atoms with van der Waals surface area (Å²) in [4.78, 5) is 23.0. The van der Waals surface area contributed by atoms with Crippen LogP contribution in [0.2, 0.25) is 0 Å². The zero-order valence-corrected chi connectivity index (χ0v) is 16.9. The molecule has 0 aliphatic carbocycles. The van der Waals surface area contributed by atoms with E-state index >= 15 is 0 Å². The van der Waals surface area contributed by atoms with Crippen LogP contribution in [0.15, 0.2) is 24.3 Å². The number of hydrogen-bond acceptors (Lipinski definition) is 4. The van der Waals surface area contributed by atoms with Gasteiger partial charge in [0.1, 0.15) is 0 Å². The Hall–Kier alpha value is 0.106. The van der Waals surface area contributed by atoms with Gasteiger partial charge in [0.05, 0.1) is 11.1 Å². The van der Waals surface area contributed by atoms with Gasteiger partial charge in [-0.3, -0.25) is 0 Å². The Morgan fingerprint density at radius 3 is 2.00 bits per heavy atom. The van der Waals surface area contributed by atoms with Crippen LogP contribution in [0.25, 0.3) is 0 Å². The van der Waals surface area contributed by atoms with Crippen molar-refractivity contribution in [3.05, 3.63) is 35.4 Å². The smallest absolute Gasteiger partial charge is 0.870 e. The van der Waals surface area contributed by atoms with Gasteiger partial charge in [-0.25, -0.2) is 9.59 Å². The quantitative estimate of drug-likeness (QED) is 0.744. The molecule has 0 aliphatic heterocycles. The Labute approximate surface area is 169 Å². The van der Waals surface area contributed by atoms with Gasteiger partial charge in [-0.2, -0.15) is 0 Å². The zero-order valence-electron chi connectivity index (χ0n) is 13.0. The first-order valence-electron chi connectivity index (χ1n) is 6.31. The van der Waals surface area contributed by atoms with E-state index in [4.69, 9.17) is 9.29 Å². The first kappa shape index (κ1) is 23.4. The number of carboxylic acids is 1. The van der Waals surface area contributed by atoms with E-state index in [1.807, 2.05) is 20.8 Å². The van der Waals surface area contributed by atoms with Crippen LogP contribution in [0.3, 0.4) is 0 Å². The fourth-order valence-corrected chi connectivity index (χ4v) is 3.77. The number of carbonyl (C=O) groups is 2. The molecule has 7 heteroatoms. The van der Waals surface area contributed by atoms with Crippen molar-refractivity contribution in [2.24, 2.45) is 0 Å². The van der Waals surface area contributed by atoms with Gasteiger partial charge in [0.2, 0.25) is 0 Å². The Morgan fingerprint density at radius 1 is 1.10 bits per heavy atom. The van der Waals surface area contributed by atoms with Crippen molar-refractivity contribution in [3.8, 4) is 0 Å². The Balaban J connectivity index is 0. The van der Waals surface area contributed by atoms with Crippen molar-refractivity contribution >= 4 is 22.2 Å². The summed E-state index contributed by atoms with van der Waals surface area (Å²) >= 11 is 0. The van der Waals surface area contributed by atoms with E-state index in [0.717, 1.165) is 17.3 Å². The summed E-state index contributed by atoms with van der Waals surface area (Å²) in [7, 11) is -1.39. The molecule has 0 aromatic heterocycles. The van der Waals surface area contributed by atoms with Crippen molar-refractivity contribution in [2.75, 3.05) is 17.3 Å². The zero-order chi connectivity index (χ0) is 14.5. The van der Waals surface area contributed by atoms with E-state index in [1.165, 1.54) is 12.1 Å². The third-order valence-corrected chi connectivity index (χ3v) is 6.84. The summed E-state index contributed by atoms with van der Waals surface area (Å²) in [5, 5.41) is 8.92. The molecule has 0 spiro atoms. The Bertz CT molecular complexity index is 466. The van der Waals surface area contributed by atoms with E-state index < -0.39 is 22.2 Å². The molecule has 0 amide bonds. The van der Waals surface area contributed by atoms with Crippen molar-refractivity contribution < 1.29 is 75.7 Å². The number of carbonyl (C=O) groups excluding carboxylic acids is 1. The van der Waals surface area contributed by atoms with Gasteiger partial charge in [-0.1, -0.05) is 37.1 Å². The first-order chi connectivity index (χ1) is 8.98. The minimum absolute atomic E-state index is 0. The second kappa shape index (κ2) is 10.8. The molecule has 0 saturated heterocycles. The van der Waals surface area contributed by atoms with E-state index in [-0.39, 0.29) is 62.4 Å². The third kappa shape index (κ3) is 6.39. The molecule has 0 radical (unpaired) electrons. The summed E-state index contributed by atoms with van der Waals surface area (Å²) in [6.45, 7) is 6.05. The molecule has 1 aromatic carbocycles. The molecule has 1 rings (SSSR count). The predicted octanol–water partition coefficient (Wildman–Crippen LogP) is 0.148. The molecule has 0 aliphatic rings. The van der Waals surface area contributed by atoms with Gasteiger partial charge in [-0.05, 0) is 18.2 Å². The monoisotopic (exact) mass is 340 g/mol. The van der Waals surface area contributed by atoms with Crippen LogP contribution in [0.5, 0.6) is 0 Å². The summed E-state index contributed by atoms with van der Waals surface area (Å²) in [5.74, 6) is 0.998. The van der Waals surface area contributed by atoms with E-state index in [1.54, 1.807) is 12.1 Å². The number of hydrogen-bond donors (Lipinski definition) is 1. The number of carboxylic acid groups (broad SMARTS) is 1. The van der Waals surface area contributed by atoms with Crippen LogP contribution in [-0.2, 0) is 4.18 Å². The molecule has 0 atom stereocenters. The average molecular weight is 340 g/mol. The van der Waals surface area contributed by atoms with Crippen LogP contribution < -0.4 is 51.4 Å². The summed E-state index contributed by atoms with van der Waals surface area (Å²) in [6.07, 6.45) is 0. The molecule has 0 saturated carbocycles. The molecular weight excluding hydrogens is 319 g/mol. The third-order valence-electron chi connectivity index (χ3n) is 3.18. The van der Waals surface area contributed by atoms with Crippen LogP contribution in [0, 0.1) is 0 Å². The fraction of sp³-hybridized carbons (Fsp3) is 0.429. The van der Waals surface area contributed by atoms with Crippen LogP contribution in [0.1, 0.15) is 41.5 Å². The average Bonchev–Trinajstić information content (AvgIpc) is 2.45. The molecule has 0 unspecified atom stereocenters. The van der Waals surface area contributed by atoms with Crippen molar-refractivity contribution in [3.63, 3.8) is 0 Å². The molecule has 114 valence electrons. The van der Waals surface area contributed by atoms with Gasteiger partial charge in [0, 0.05) is 17.3 Å². The first-order valence-corrected chi connectivity index (χ1v) is 8.38. The molecule has 0 bridgehead atoms. The normalized spacial score (nSPS) is 10.8. The maximum Gasteiger partial charge on any atom is 1.00 e. The predicted molar refractivity (Wildman–Crippen MR) is 80.0 cm³/mol. The van der Waals surface area contributed by atoms with E-state index in [9.17, 15) is 9.59 Å². The van der Waals surface area contributed by atoms with Gasteiger partial charge in [0.25, 0.3) is 0 Å². The Morgan fingerprint density at radius 2 is 1.57 bits per heavy atom. The minimum Gasteiger partial charge on any atom is -0.870 e. The second-order valence-corrected chi connectivity index (χ2v) is 7.92. The number of aromatic carboxylic acids is 1. The number of benzene rings is 1. The van der Waals surface area contributed by atoms with Gasteiger partial charge < -0.3 is 14.8 Å². The van der Waals surface area contributed by atoms with Crippen LogP contribution in [-0.4, -0.2) is 39.8 Å². The van der Waals surface area contributed by atoms with E-state index in [2.05, 4.69) is 0 Å². The molecule has 0 heterocycles. The largest absolute Gasteiger partial charge is 1.00 e. The number of rotatable bonds is 6. The maximum absolute atomic E-state index is 12.1. The van der Waals surface area contributed by atoms with Crippen molar-refractivity contribution in [1.29, 1.82) is 0 Å². The SMILES string of the molecule is CCS(CC)(CC)OC(=O)c1cccc(C(=O)O)c1.[K+].[OH-]. The molecule has 5 nitrogen and oxygen atoms in total. The fourth-order valence-electron chi connectivity index (χ4n) is 1.78. The standard InChI is InChI=1S/C14H20O4S.K.H2O/c1-4-19(5-2,6-3)18-14(17)12-9-7-8-11(10-12)13(15)16;;/h7-10H,4-6H2,1-3H3,(H,15,16);;1H2/q;+1;/p-1.